The molecule has 0 bridgehead atoms. The van der Waals surface area contributed by atoms with Gasteiger partial charge in [0.15, 0.2) is 0 Å². The molecule has 0 unspecified atom stereocenters. The van der Waals surface area contributed by atoms with Crippen molar-refractivity contribution in [2.75, 3.05) is 13.1 Å². The van der Waals surface area contributed by atoms with Gasteiger partial charge in [0.1, 0.15) is 5.69 Å². The van der Waals surface area contributed by atoms with E-state index in [1.165, 1.54) is 17.8 Å². The number of piperidine rings is 1. The Kier molecular flexibility index (Phi) is 4.35. The first-order valence-electron chi connectivity index (χ1n) is 6.59. The fourth-order valence-corrected chi connectivity index (χ4v) is 3.20. The summed E-state index contributed by atoms with van der Waals surface area (Å²) in [6, 6.07) is 0.311. The second-order valence-electron chi connectivity index (χ2n) is 5.02. The quantitative estimate of drug-likeness (QED) is 0.910. The number of carbonyl (C=O) groups is 1. The number of nitrogens with two attached hydrogens (primary N) is 1. The number of hydrogen-bond donors (Lipinski definition) is 1. The fraction of sp³-hybridized carbons (Fsp3) is 0.692. The summed E-state index contributed by atoms with van der Waals surface area (Å²) < 4.78 is 0. The molecule has 18 heavy (non-hydrogen) atoms. The number of hydrogen-bond acceptors (Lipinski definition) is 4. The largest absolute Gasteiger partial charge is 0.334 e. The lowest BCUT2D eigenvalue weighted by molar-refractivity contribution is 0.0545. The summed E-state index contributed by atoms with van der Waals surface area (Å²) in [5.41, 5.74) is 6.09. The summed E-state index contributed by atoms with van der Waals surface area (Å²) in [6.45, 7) is 5.78. The van der Waals surface area contributed by atoms with Crippen molar-refractivity contribution in [2.24, 2.45) is 11.7 Å². The van der Waals surface area contributed by atoms with Gasteiger partial charge in [0, 0.05) is 24.4 Å². The van der Waals surface area contributed by atoms with E-state index in [1.807, 2.05) is 10.3 Å². The van der Waals surface area contributed by atoms with Gasteiger partial charge in [0.05, 0.1) is 5.01 Å². The number of carbonyl (C=O) groups excluding carboxylic acids is 1. The van der Waals surface area contributed by atoms with E-state index >= 15 is 0 Å². The number of aromatic nitrogens is 1. The van der Waals surface area contributed by atoms with Gasteiger partial charge in [-0.3, -0.25) is 4.79 Å². The Morgan fingerprint density at radius 3 is 3.11 bits per heavy atom. The molecule has 0 aliphatic carbocycles. The standard InChI is InChI=1S/C13H21N3OS/c1-9-4-3-7-16(10(9)2)13(17)11-8-18-12(15-11)5-6-14/h8-10H,3-7,14H2,1-2H3/t9-,10+/m1/s1. The third kappa shape index (κ3) is 2.72. The van der Waals surface area contributed by atoms with Crippen LogP contribution in [0.2, 0.25) is 0 Å². The molecule has 1 saturated heterocycles. The molecule has 2 rings (SSSR count). The second kappa shape index (κ2) is 5.80. The molecule has 1 aliphatic rings. The first-order valence-corrected chi connectivity index (χ1v) is 7.47. The molecule has 0 aromatic carbocycles. The highest BCUT2D eigenvalue weighted by atomic mass is 32.1. The summed E-state index contributed by atoms with van der Waals surface area (Å²) >= 11 is 1.53. The molecule has 1 aromatic rings. The lowest BCUT2D eigenvalue weighted by atomic mass is 9.92. The first kappa shape index (κ1) is 13.5. The van der Waals surface area contributed by atoms with Crippen LogP contribution in [0.3, 0.4) is 0 Å². The van der Waals surface area contributed by atoms with Crippen molar-refractivity contribution in [3.63, 3.8) is 0 Å². The zero-order chi connectivity index (χ0) is 13.1. The Bertz CT molecular complexity index is 418. The minimum absolute atomic E-state index is 0.0774. The van der Waals surface area contributed by atoms with Crippen molar-refractivity contribution in [3.8, 4) is 0 Å². The lowest BCUT2D eigenvalue weighted by Gasteiger charge is -2.37. The molecule has 0 spiro atoms. The van der Waals surface area contributed by atoms with E-state index in [1.54, 1.807) is 0 Å². The molecular weight excluding hydrogens is 246 g/mol. The third-order valence-electron chi connectivity index (χ3n) is 3.76. The average Bonchev–Trinajstić information content (AvgIpc) is 2.81. The van der Waals surface area contributed by atoms with Crippen molar-refractivity contribution < 1.29 is 4.79 Å². The molecule has 1 fully saturated rings. The van der Waals surface area contributed by atoms with Crippen LogP contribution in [-0.4, -0.2) is 34.9 Å². The van der Waals surface area contributed by atoms with Crippen LogP contribution < -0.4 is 5.73 Å². The molecule has 5 heteroatoms. The number of likely N-dealkylation sites (tertiary alicyclic amines) is 1. The van der Waals surface area contributed by atoms with E-state index in [0.29, 0.717) is 24.2 Å². The molecule has 2 heterocycles. The fourth-order valence-electron chi connectivity index (χ4n) is 2.42. The van der Waals surface area contributed by atoms with Crippen molar-refractivity contribution in [1.82, 2.24) is 9.88 Å². The molecule has 1 aromatic heterocycles. The van der Waals surface area contributed by atoms with Gasteiger partial charge >= 0.3 is 0 Å². The highest BCUT2D eigenvalue weighted by Gasteiger charge is 2.29. The lowest BCUT2D eigenvalue weighted by Crippen LogP contribution is -2.46. The van der Waals surface area contributed by atoms with Crippen LogP contribution in [0.5, 0.6) is 0 Å². The molecular formula is C13H21N3OS. The van der Waals surface area contributed by atoms with Crippen LogP contribution in [0.15, 0.2) is 5.38 Å². The van der Waals surface area contributed by atoms with Crippen LogP contribution in [0.25, 0.3) is 0 Å². The van der Waals surface area contributed by atoms with Gasteiger partial charge in [-0.1, -0.05) is 6.92 Å². The van der Waals surface area contributed by atoms with E-state index in [0.717, 1.165) is 24.4 Å². The highest BCUT2D eigenvalue weighted by Crippen LogP contribution is 2.24. The van der Waals surface area contributed by atoms with Gasteiger partial charge in [-0.25, -0.2) is 4.98 Å². The van der Waals surface area contributed by atoms with E-state index in [4.69, 9.17) is 5.73 Å². The van der Waals surface area contributed by atoms with Crippen LogP contribution in [0.1, 0.15) is 42.2 Å². The predicted octanol–water partition coefficient (Wildman–Crippen LogP) is 1.90. The van der Waals surface area contributed by atoms with Crippen molar-refractivity contribution in [3.05, 3.63) is 16.1 Å². The van der Waals surface area contributed by atoms with Crippen LogP contribution in [0, 0.1) is 5.92 Å². The Morgan fingerprint density at radius 1 is 1.61 bits per heavy atom. The van der Waals surface area contributed by atoms with E-state index in [2.05, 4.69) is 18.8 Å². The van der Waals surface area contributed by atoms with Crippen molar-refractivity contribution in [1.29, 1.82) is 0 Å². The molecule has 0 radical (unpaired) electrons. The van der Waals surface area contributed by atoms with Crippen LogP contribution >= 0.6 is 11.3 Å². The van der Waals surface area contributed by atoms with Gasteiger partial charge < -0.3 is 10.6 Å². The predicted molar refractivity (Wildman–Crippen MR) is 73.8 cm³/mol. The summed E-state index contributed by atoms with van der Waals surface area (Å²) in [6.07, 6.45) is 3.06. The second-order valence-corrected chi connectivity index (χ2v) is 5.97. The maximum atomic E-state index is 12.4. The molecule has 2 N–H and O–H groups in total. The molecule has 1 aliphatic heterocycles. The minimum atomic E-state index is 0.0774. The Morgan fingerprint density at radius 2 is 2.39 bits per heavy atom. The highest BCUT2D eigenvalue weighted by molar-refractivity contribution is 7.09. The number of amides is 1. The van der Waals surface area contributed by atoms with Gasteiger partial charge in [-0.2, -0.15) is 0 Å². The van der Waals surface area contributed by atoms with E-state index in [-0.39, 0.29) is 5.91 Å². The van der Waals surface area contributed by atoms with E-state index < -0.39 is 0 Å². The normalized spacial score (nSPS) is 24.3. The molecule has 100 valence electrons. The summed E-state index contributed by atoms with van der Waals surface area (Å²) in [4.78, 5) is 18.8. The molecule has 2 atom stereocenters. The zero-order valence-electron chi connectivity index (χ0n) is 11.1. The number of rotatable bonds is 3. The molecule has 1 amide bonds. The summed E-state index contributed by atoms with van der Waals surface area (Å²) in [5.74, 6) is 0.651. The van der Waals surface area contributed by atoms with E-state index in [9.17, 15) is 4.79 Å². The van der Waals surface area contributed by atoms with Gasteiger partial charge in [-0.05, 0) is 32.2 Å². The smallest absolute Gasteiger partial charge is 0.273 e. The first-order chi connectivity index (χ1) is 8.63. The Hall–Kier alpha value is -0.940. The van der Waals surface area contributed by atoms with Crippen molar-refractivity contribution >= 4 is 17.2 Å². The Balaban J connectivity index is 2.09. The van der Waals surface area contributed by atoms with Crippen LogP contribution in [0.4, 0.5) is 0 Å². The van der Waals surface area contributed by atoms with Gasteiger partial charge in [0.25, 0.3) is 5.91 Å². The molecule has 0 saturated carbocycles. The third-order valence-corrected chi connectivity index (χ3v) is 4.67. The SMILES string of the molecule is C[C@@H]1CCCN(C(=O)c2csc(CCN)n2)[C@H]1C. The topological polar surface area (TPSA) is 59.2 Å². The molecule has 4 nitrogen and oxygen atoms in total. The Labute approximate surface area is 112 Å². The monoisotopic (exact) mass is 267 g/mol. The maximum absolute atomic E-state index is 12.4. The average molecular weight is 267 g/mol. The van der Waals surface area contributed by atoms with Gasteiger partial charge in [0.2, 0.25) is 0 Å². The zero-order valence-corrected chi connectivity index (χ0v) is 11.9. The van der Waals surface area contributed by atoms with Crippen molar-refractivity contribution in [2.45, 2.75) is 39.2 Å². The minimum Gasteiger partial charge on any atom is -0.334 e. The summed E-state index contributed by atoms with van der Waals surface area (Å²) in [7, 11) is 0. The summed E-state index contributed by atoms with van der Waals surface area (Å²) in [5, 5.41) is 2.82. The van der Waals surface area contributed by atoms with Crippen LogP contribution in [-0.2, 0) is 6.42 Å². The maximum Gasteiger partial charge on any atom is 0.273 e. The number of nitrogens with zero attached hydrogens (tertiary/aromatic N) is 2. The number of thiazole rings is 1. The van der Waals surface area contributed by atoms with Gasteiger partial charge in [-0.15, -0.1) is 11.3 Å².